The third kappa shape index (κ3) is 3.76. The van der Waals surface area contributed by atoms with E-state index in [9.17, 15) is 4.79 Å². The van der Waals surface area contributed by atoms with Gasteiger partial charge in [-0.25, -0.2) is 4.79 Å². The van der Waals surface area contributed by atoms with E-state index in [0.29, 0.717) is 11.3 Å². The number of methoxy groups -OCH3 is 1. The highest BCUT2D eigenvalue weighted by Crippen LogP contribution is 2.24. The first-order chi connectivity index (χ1) is 10.0. The van der Waals surface area contributed by atoms with Crippen LogP contribution in [0.5, 0.6) is 0 Å². The standard InChI is InChI=1S/C16H20N2O2S/c1-10-6-13(8-14(15(10)17)16(19)20-3)18-11(2)7-12-4-5-21-9-12/h4-6,8-9,11,18H,7,17H2,1-3H3. The third-order valence-electron chi connectivity index (χ3n) is 3.33. The summed E-state index contributed by atoms with van der Waals surface area (Å²) in [5.74, 6) is -0.412. The van der Waals surface area contributed by atoms with Crippen LogP contribution in [0.1, 0.15) is 28.4 Å². The zero-order valence-corrected chi connectivity index (χ0v) is 13.3. The summed E-state index contributed by atoms with van der Waals surface area (Å²) in [5, 5.41) is 7.63. The Morgan fingerprint density at radius 3 is 2.86 bits per heavy atom. The quantitative estimate of drug-likeness (QED) is 0.656. The van der Waals surface area contributed by atoms with Crippen LogP contribution in [-0.4, -0.2) is 19.1 Å². The van der Waals surface area contributed by atoms with Gasteiger partial charge in [-0.1, -0.05) is 0 Å². The number of ether oxygens (including phenoxy) is 1. The average Bonchev–Trinajstić information content (AvgIpc) is 2.94. The van der Waals surface area contributed by atoms with Crippen LogP contribution in [0.2, 0.25) is 0 Å². The predicted octanol–water partition coefficient (Wildman–Crippen LogP) is 3.47. The monoisotopic (exact) mass is 304 g/mol. The smallest absolute Gasteiger partial charge is 0.340 e. The summed E-state index contributed by atoms with van der Waals surface area (Å²) in [6, 6.07) is 6.08. The van der Waals surface area contributed by atoms with Crippen molar-refractivity contribution in [2.75, 3.05) is 18.2 Å². The summed E-state index contributed by atoms with van der Waals surface area (Å²) < 4.78 is 4.77. The minimum absolute atomic E-state index is 0.258. The van der Waals surface area contributed by atoms with Crippen LogP contribution in [0.4, 0.5) is 11.4 Å². The zero-order valence-electron chi connectivity index (χ0n) is 12.5. The highest BCUT2D eigenvalue weighted by Gasteiger charge is 2.14. The van der Waals surface area contributed by atoms with Crippen LogP contribution in [0.15, 0.2) is 29.0 Å². The van der Waals surface area contributed by atoms with E-state index >= 15 is 0 Å². The Labute approximate surface area is 128 Å². The molecule has 2 aromatic rings. The summed E-state index contributed by atoms with van der Waals surface area (Å²) in [6.45, 7) is 4.00. The SMILES string of the molecule is COC(=O)c1cc(NC(C)Cc2ccsc2)cc(C)c1N. The van der Waals surface area contributed by atoms with Gasteiger partial charge in [0.1, 0.15) is 0 Å². The van der Waals surface area contributed by atoms with E-state index < -0.39 is 5.97 Å². The number of esters is 1. The van der Waals surface area contributed by atoms with E-state index in [1.807, 2.05) is 13.0 Å². The van der Waals surface area contributed by atoms with E-state index in [1.165, 1.54) is 12.7 Å². The molecule has 0 bridgehead atoms. The Bertz CT molecular complexity index is 623. The maximum atomic E-state index is 11.8. The van der Waals surface area contributed by atoms with Gasteiger partial charge in [0.05, 0.1) is 12.7 Å². The number of hydrogen-bond donors (Lipinski definition) is 2. The fourth-order valence-corrected chi connectivity index (χ4v) is 2.94. The Morgan fingerprint density at radius 1 is 1.48 bits per heavy atom. The fraction of sp³-hybridized carbons (Fsp3) is 0.312. The molecule has 4 nitrogen and oxygen atoms in total. The van der Waals surface area contributed by atoms with Gasteiger partial charge in [-0.3, -0.25) is 0 Å². The van der Waals surface area contributed by atoms with Crippen LogP contribution in [0, 0.1) is 6.92 Å². The molecule has 0 spiro atoms. The third-order valence-corrected chi connectivity index (χ3v) is 4.06. The van der Waals surface area contributed by atoms with Crippen LogP contribution < -0.4 is 11.1 Å². The molecule has 0 radical (unpaired) electrons. The number of anilines is 2. The fourth-order valence-electron chi connectivity index (χ4n) is 2.26. The van der Waals surface area contributed by atoms with Crippen molar-refractivity contribution >= 4 is 28.7 Å². The minimum atomic E-state index is -0.412. The van der Waals surface area contributed by atoms with Crippen molar-refractivity contribution in [3.8, 4) is 0 Å². The van der Waals surface area contributed by atoms with Crippen LogP contribution >= 0.6 is 11.3 Å². The lowest BCUT2D eigenvalue weighted by atomic mass is 10.1. The maximum Gasteiger partial charge on any atom is 0.340 e. The predicted molar refractivity (Wildman–Crippen MR) is 88.0 cm³/mol. The first-order valence-corrected chi connectivity index (χ1v) is 7.71. The Hall–Kier alpha value is -2.01. The molecular weight excluding hydrogens is 284 g/mol. The van der Waals surface area contributed by atoms with Gasteiger partial charge in [0.15, 0.2) is 0 Å². The second-order valence-corrected chi connectivity index (χ2v) is 5.91. The molecule has 1 heterocycles. The number of hydrogen-bond acceptors (Lipinski definition) is 5. The van der Waals surface area contributed by atoms with Gasteiger partial charge in [-0.15, -0.1) is 0 Å². The molecule has 0 saturated carbocycles. The number of carbonyl (C=O) groups is 1. The highest BCUT2D eigenvalue weighted by atomic mass is 32.1. The van der Waals surface area contributed by atoms with Gasteiger partial charge in [0.25, 0.3) is 0 Å². The Kier molecular flexibility index (Phi) is 4.85. The Morgan fingerprint density at radius 2 is 2.24 bits per heavy atom. The molecule has 0 aliphatic rings. The maximum absolute atomic E-state index is 11.8. The van der Waals surface area contributed by atoms with E-state index in [0.717, 1.165) is 17.7 Å². The molecule has 1 aromatic heterocycles. The number of rotatable bonds is 5. The lowest BCUT2D eigenvalue weighted by Gasteiger charge is -2.17. The number of thiophene rings is 1. The summed E-state index contributed by atoms with van der Waals surface area (Å²) in [6.07, 6.45) is 0.931. The normalized spacial score (nSPS) is 12.0. The van der Waals surface area contributed by atoms with Gasteiger partial charge >= 0.3 is 5.97 Å². The largest absolute Gasteiger partial charge is 0.465 e. The number of carbonyl (C=O) groups excluding carboxylic acids is 1. The second kappa shape index (κ2) is 6.63. The number of nitrogen functional groups attached to an aromatic ring is 1. The van der Waals surface area contributed by atoms with Gasteiger partial charge in [-0.2, -0.15) is 11.3 Å². The van der Waals surface area contributed by atoms with Crippen molar-refractivity contribution in [3.63, 3.8) is 0 Å². The molecule has 0 aliphatic carbocycles. The van der Waals surface area contributed by atoms with Crippen LogP contribution in [0.3, 0.4) is 0 Å². The van der Waals surface area contributed by atoms with Gasteiger partial charge < -0.3 is 15.8 Å². The van der Waals surface area contributed by atoms with Crippen molar-refractivity contribution < 1.29 is 9.53 Å². The number of benzene rings is 1. The topological polar surface area (TPSA) is 64.3 Å². The molecule has 5 heteroatoms. The lowest BCUT2D eigenvalue weighted by molar-refractivity contribution is 0.0602. The highest BCUT2D eigenvalue weighted by molar-refractivity contribution is 7.07. The average molecular weight is 304 g/mol. The minimum Gasteiger partial charge on any atom is -0.465 e. The van der Waals surface area contributed by atoms with E-state index in [-0.39, 0.29) is 6.04 Å². The molecule has 0 fully saturated rings. The van der Waals surface area contributed by atoms with E-state index in [4.69, 9.17) is 10.5 Å². The van der Waals surface area contributed by atoms with Gasteiger partial charge in [-0.05, 0) is 60.4 Å². The van der Waals surface area contributed by atoms with Gasteiger partial charge in [0.2, 0.25) is 0 Å². The molecular formula is C16H20N2O2S. The van der Waals surface area contributed by atoms with E-state index in [1.54, 1.807) is 17.4 Å². The van der Waals surface area contributed by atoms with Crippen LogP contribution in [-0.2, 0) is 11.2 Å². The molecule has 1 atom stereocenters. The molecule has 21 heavy (non-hydrogen) atoms. The summed E-state index contributed by atoms with van der Waals surface area (Å²) in [4.78, 5) is 11.8. The molecule has 3 N–H and O–H groups in total. The molecule has 1 unspecified atom stereocenters. The van der Waals surface area contributed by atoms with Crippen molar-refractivity contribution in [3.05, 3.63) is 45.6 Å². The molecule has 0 saturated heterocycles. The number of aryl methyl sites for hydroxylation is 1. The van der Waals surface area contributed by atoms with Crippen LogP contribution in [0.25, 0.3) is 0 Å². The second-order valence-electron chi connectivity index (χ2n) is 5.13. The molecule has 2 rings (SSSR count). The number of nitrogens with one attached hydrogen (secondary N) is 1. The number of nitrogens with two attached hydrogens (primary N) is 1. The lowest BCUT2D eigenvalue weighted by Crippen LogP contribution is -2.18. The first-order valence-electron chi connectivity index (χ1n) is 6.77. The molecule has 1 aromatic carbocycles. The Balaban J connectivity index is 2.16. The summed E-state index contributed by atoms with van der Waals surface area (Å²) in [7, 11) is 1.36. The van der Waals surface area contributed by atoms with Crippen molar-refractivity contribution in [2.24, 2.45) is 0 Å². The first kappa shape index (κ1) is 15.4. The van der Waals surface area contributed by atoms with Crippen molar-refractivity contribution in [1.82, 2.24) is 0 Å². The molecule has 112 valence electrons. The zero-order chi connectivity index (χ0) is 15.4. The molecule has 0 amide bonds. The van der Waals surface area contributed by atoms with Gasteiger partial charge in [0, 0.05) is 17.4 Å². The van der Waals surface area contributed by atoms with Crippen molar-refractivity contribution in [2.45, 2.75) is 26.3 Å². The molecule has 0 aliphatic heterocycles. The summed E-state index contributed by atoms with van der Waals surface area (Å²) >= 11 is 1.70. The van der Waals surface area contributed by atoms with Crippen molar-refractivity contribution in [1.29, 1.82) is 0 Å². The van der Waals surface area contributed by atoms with E-state index in [2.05, 4.69) is 29.1 Å². The summed E-state index contributed by atoms with van der Waals surface area (Å²) in [5.41, 5.74) is 9.87.